The highest BCUT2D eigenvalue weighted by Crippen LogP contribution is 2.46. The molecule has 0 aromatic heterocycles. The number of halogens is 2. The molecule has 0 aliphatic carbocycles. The Balaban J connectivity index is 0.00000353. The number of anilines is 3. The summed E-state index contributed by atoms with van der Waals surface area (Å²) in [5, 5.41) is 3.06. The smallest absolute Gasteiger partial charge is 0.220 e. The summed E-state index contributed by atoms with van der Waals surface area (Å²) in [6.07, 6.45) is 5.89. The summed E-state index contributed by atoms with van der Waals surface area (Å²) in [4.78, 5) is 20.4. The molecular weight excluding hydrogens is 639 g/mol. The fraction of sp³-hybridized carbons (Fsp3) is 0.258. The van der Waals surface area contributed by atoms with E-state index in [-0.39, 0.29) is 35.3 Å². The number of benzene rings is 3. The van der Waals surface area contributed by atoms with Crippen molar-refractivity contribution in [2.45, 2.75) is 23.1 Å². The van der Waals surface area contributed by atoms with E-state index >= 15 is 0 Å². The lowest BCUT2D eigenvalue weighted by Crippen LogP contribution is -2.34. The number of fused-ring (bicyclic) bond motifs is 2. The Kier molecular flexibility index (Phi) is 10.3. The number of allylic oxidation sites excluding steroid dienone is 2. The maximum atomic E-state index is 12.1. The van der Waals surface area contributed by atoms with Crippen molar-refractivity contribution in [1.82, 2.24) is 10.2 Å². The standard InChI is InChI=1S/C31H33ClN4OS.HI/c1-34(20-10-17-29(37)33-19-18-32)30-21-23(22-31-35(2)27-15-8-9-16-28(27)38-31)25-13-6-7-14-26(25)36(30)24-11-4-3-5-12-24;/h3-9,11-16,21-22,31H,10,17-20H2,1-2H3,(H,33,37);1H. The number of alkyl halides is 1. The van der Waals surface area contributed by atoms with Gasteiger partial charge in [-0.3, -0.25) is 9.69 Å². The third-order valence-corrected chi connectivity index (χ3v) is 8.37. The summed E-state index contributed by atoms with van der Waals surface area (Å²) in [6.45, 7) is 1.26. The topological polar surface area (TPSA) is 38.8 Å². The van der Waals surface area contributed by atoms with Gasteiger partial charge >= 0.3 is 0 Å². The Morgan fingerprint density at radius 1 is 1.03 bits per heavy atom. The number of carbonyl (C=O) groups excluding carboxylic acids is 1. The molecule has 0 radical (unpaired) electrons. The number of nitrogens with zero attached hydrogens (tertiary/aromatic N) is 3. The minimum Gasteiger partial charge on any atom is -0.361 e. The van der Waals surface area contributed by atoms with Crippen LogP contribution < -0.4 is 15.1 Å². The zero-order valence-electron chi connectivity index (χ0n) is 22.2. The van der Waals surface area contributed by atoms with Crippen LogP contribution in [0.4, 0.5) is 17.1 Å². The molecule has 3 aromatic rings. The normalized spacial score (nSPS) is 16.7. The summed E-state index contributed by atoms with van der Waals surface area (Å²) in [5.74, 6) is 1.56. The van der Waals surface area contributed by atoms with E-state index in [9.17, 15) is 4.79 Å². The molecule has 2 aliphatic heterocycles. The molecule has 39 heavy (non-hydrogen) atoms. The fourth-order valence-electron chi connectivity index (χ4n) is 4.94. The number of amides is 1. The van der Waals surface area contributed by atoms with E-state index in [2.05, 4.69) is 119 Å². The molecule has 5 rings (SSSR count). The van der Waals surface area contributed by atoms with Crippen molar-refractivity contribution in [2.24, 2.45) is 0 Å². The Labute approximate surface area is 257 Å². The monoisotopic (exact) mass is 672 g/mol. The van der Waals surface area contributed by atoms with E-state index in [0.717, 1.165) is 30.2 Å². The van der Waals surface area contributed by atoms with Gasteiger partial charge in [0.1, 0.15) is 5.82 Å². The van der Waals surface area contributed by atoms with Crippen molar-refractivity contribution in [1.29, 1.82) is 0 Å². The number of nitrogens with one attached hydrogen (secondary N) is 1. The number of hydrogen-bond acceptors (Lipinski definition) is 5. The lowest BCUT2D eigenvalue weighted by molar-refractivity contribution is -0.121. The number of hydrogen-bond donors (Lipinski definition) is 1. The van der Waals surface area contributed by atoms with Crippen LogP contribution in [0.5, 0.6) is 0 Å². The van der Waals surface area contributed by atoms with E-state index in [1.54, 1.807) is 0 Å². The van der Waals surface area contributed by atoms with Crippen LogP contribution in [-0.4, -0.2) is 49.2 Å². The molecule has 8 heteroatoms. The SMILES string of the molecule is CN(CCCC(=O)NCCCl)C1=CC(=CC2Sc3ccccc3N2C)c2ccccc2N1c1ccccc1.I. The van der Waals surface area contributed by atoms with Gasteiger partial charge in [0.15, 0.2) is 0 Å². The largest absolute Gasteiger partial charge is 0.361 e. The highest BCUT2D eigenvalue weighted by molar-refractivity contribution is 14.0. The van der Waals surface area contributed by atoms with Gasteiger partial charge < -0.3 is 15.1 Å². The molecule has 1 unspecified atom stereocenters. The minimum atomic E-state index is 0. The van der Waals surface area contributed by atoms with Crippen LogP contribution >= 0.6 is 47.3 Å². The molecule has 3 aromatic carbocycles. The van der Waals surface area contributed by atoms with E-state index in [1.165, 1.54) is 21.7 Å². The molecule has 0 saturated carbocycles. The van der Waals surface area contributed by atoms with Gasteiger partial charge in [0, 0.05) is 55.6 Å². The van der Waals surface area contributed by atoms with Gasteiger partial charge in [-0.05, 0) is 54.5 Å². The molecule has 0 saturated heterocycles. The average Bonchev–Trinajstić information content (AvgIpc) is 3.27. The second kappa shape index (κ2) is 13.6. The summed E-state index contributed by atoms with van der Waals surface area (Å²) in [7, 11) is 4.27. The zero-order valence-corrected chi connectivity index (χ0v) is 26.1. The first-order valence-electron chi connectivity index (χ1n) is 13.0. The van der Waals surface area contributed by atoms with E-state index < -0.39 is 0 Å². The highest BCUT2D eigenvalue weighted by atomic mass is 127. The molecule has 2 heterocycles. The van der Waals surface area contributed by atoms with Crippen molar-refractivity contribution >= 4 is 75.9 Å². The van der Waals surface area contributed by atoms with Crippen LogP contribution in [0.15, 0.2) is 102 Å². The Morgan fingerprint density at radius 3 is 2.46 bits per heavy atom. The molecule has 0 fully saturated rings. The lowest BCUT2D eigenvalue weighted by Gasteiger charge is -2.38. The second-order valence-corrected chi connectivity index (χ2v) is 11.0. The van der Waals surface area contributed by atoms with Crippen LogP contribution in [0.3, 0.4) is 0 Å². The van der Waals surface area contributed by atoms with Crippen LogP contribution in [0.2, 0.25) is 0 Å². The molecule has 2 aliphatic rings. The zero-order chi connectivity index (χ0) is 26.5. The highest BCUT2D eigenvalue weighted by Gasteiger charge is 2.30. The van der Waals surface area contributed by atoms with E-state index in [4.69, 9.17) is 11.6 Å². The average molecular weight is 673 g/mol. The third kappa shape index (κ3) is 6.58. The lowest BCUT2D eigenvalue weighted by atomic mass is 9.97. The summed E-state index contributed by atoms with van der Waals surface area (Å²) >= 11 is 7.59. The number of rotatable bonds is 9. The summed E-state index contributed by atoms with van der Waals surface area (Å²) in [6, 6.07) is 27.7. The van der Waals surface area contributed by atoms with Gasteiger partial charge in [-0.1, -0.05) is 60.3 Å². The molecule has 204 valence electrons. The van der Waals surface area contributed by atoms with Gasteiger partial charge in [0.25, 0.3) is 0 Å². The molecular formula is C31H34ClIN4OS. The van der Waals surface area contributed by atoms with Crippen molar-refractivity contribution in [2.75, 3.05) is 42.9 Å². The number of para-hydroxylation sites is 3. The predicted octanol–water partition coefficient (Wildman–Crippen LogP) is 7.32. The molecule has 0 bridgehead atoms. The maximum absolute atomic E-state index is 12.1. The number of thioether (sulfide) groups is 1. The van der Waals surface area contributed by atoms with Gasteiger partial charge in [-0.2, -0.15) is 0 Å². The van der Waals surface area contributed by atoms with Crippen molar-refractivity contribution in [3.8, 4) is 0 Å². The molecule has 5 nitrogen and oxygen atoms in total. The van der Waals surface area contributed by atoms with E-state index in [1.807, 2.05) is 17.8 Å². The molecule has 1 amide bonds. The first-order valence-corrected chi connectivity index (χ1v) is 14.4. The minimum absolute atomic E-state index is 0. The van der Waals surface area contributed by atoms with Crippen LogP contribution in [0.25, 0.3) is 5.57 Å². The van der Waals surface area contributed by atoms with Gasteiger partial charge in [0.2, 0.25) is 5.91 Å². The van der Waals surface area contributed by atoms with Gasteiger partial charge in [-0.15, -0.1) is 35.6 Å². The Bertz CT molecular complexity index is 1350. The van der Waals surface area contributed by atoms with Gasteiger partial charge in [-0.25, -0.2) is 0 Å². The Hall–Kier alpha value is -2.62. The summed E-state index contributed by atoms with van der Waals surface area (Å²) in [5.41, 5.74) is 5.93. The van der Waals surface area contributed by atoms with Crippen LogP contribution in [-0.2, 0) is 4.79 Å². The molecule has 0 spiro atoms. The Morgan fingerprint density at radius 2 is 1.72 bits per heavy atom. The first-order chi connectivity index (χ1) is 18.6. The van der Waals surface area contributed by atoms with Crippen molar-refractivity contribution in [3.05, 3.63) is 102 Å². The number of likely N-dealkylation sites (N-methyl/N-ethyl adjacent to an activating group) is 1. The fourth-order valence-corrected chi connectivity index (χ4v) is 6.28. The van der Waals surface area contributed by atoms with Crippen LogP contribution in [0.1, 0.15) is 18.4 Å². The quantitative estimate of drug-likeness (QED) is 0.191. The van der Waals surface area contributed by atoms with E-state index in [0.29, 0.717) is 18.8 Å². The van der Waals surface area contributed by atoms with Crippen molar-refractivity contribution < 1.29 is 4.79 Å². The maximum Gasteiger partial charge on any atom is 0.220 e. The van der Waals surface area contributed by atoms with Crippen molar-refractivity contribution in [3.63, 3.8) is 0 Å². The summed E-state index contributed by atoms with van der Waals surface area (Å²) < 4.78 is 0. The third-order valence-electron chi connectivity index (χ3n) is 6.89. The predicted molar refractivity (Wildman–Crippen MR) is 177 cm³/mol. The number of carbonyl (C=O) groups is 1. The molecule has 1 atom stereocenters. The van der Waals surface area contributed by atoms with Crippen LogP contribution in [0, 0.1) is 0 Å². The molecule has 1 N–H and O–H groups in total. The second-order valence-electron chi connectivity index (χ2n) is 9.46. The van der Waals surface area contributed by atoms with Gasteiger partial charge in [0.05, 0.1) is 16.7 Å². The first kappa shape index (κ1) is 29.4.